The second kappa shape index (κ2) is 5.46. The van der Waals surface area contributed by atoms with E-state index in [2.05, 4.69) is 30.6 Å². The molecule has 5 nitrogen and oxygen atoms in total. The van der Waals surface area contributed by atoms with Gasteiger partial charge in [0.2, 0.25) is 0 Å². The molecule has 0 bridgehead atoms. The van der Waals surface area contributed by atoms with E-state index in [4.69, 9.17) is 4.74 Å². The van der Waals surface area contributed by atoms with Gasteiger partial charge < -0.3 is 9.64 Å². The van der Waals surface area contributed by atoms with Crippen molar-refractivity contribution in [1.29, 1.82) is 0 Å². The van der Waals surface area contributed by atoms with E-state index in [9.17, 15) is 4.79 Å². The highest BCUT2D eigenvalue weighted by Gasteiger charge is 2.28. The smallest absolute Gasteiger partial charge is 0.410 e. The molecule has 0 saturated carbocycles. The van der Waals surface area contributed by atoms with Crippen molar-refractivity contribution in [3.63, 3.8) is 0 Å². The second-order valence-corrected chi connectivity index (χ2v) is 6.84. The minimum absolute atomic E-state index is 0.0199. The van der Waals surface area contributed by atoms with Crippen molar-refractivity contribution >= 4 is 6.09 Å². The summed E-state index contributed by atoms with van der Waals surface area (Å²) in [4.78, 5) is 13.8. The van der Waals surface area contributed by atoms with Gasteiger partial charge in [0, 0.05) is 24.2 Å². The largest absolute Gasteiger partial charge is 0.449 e. The first kappa shape index (κ1) is 14.9. The summed E-state index contributed by atoms with van der Waals surface area (Å²) in [6, 6.07) is 0. The maximum absolute atomic E-state index is 12.0. The topological polar surface area (TPSA) is 47.4 Å². The Morgan fingerprint density at radius 2 is 2.15 bits per heavy atom. The SMILES string of the molecule is CC(C)COC(=O)N1CCc2c(cnn2C(C)(C)C)C1. The molecule has 0 N–H and O–H groups in total. The number of hydrogen-bond donors (Lipinski definition) is 0. The van der Waals surface area contributed by atoms with E-state index in [-0.39, 0.29) is 11.6 Å². The number of ether oxygens (including phenoxy) is 1. The molecule has 5 heteroatoms. The molecule has 1 aliphatic heterocycles. The first-order valence-electron chi connectivity index (χ1n) is 7.27. The Kier molecular flexibility index (Phi) is 4.06. The highest BCUT2D eigenvalue weighted by atomic mass is 16.6. The van der Waals surface area contributed by atoms with Crippen LogP contribution in [-0.4, -0.2) is 33.9 Å². The van der Waals surface area contributed by atoms with Gasteiger partial charge in [0.15, 0.2) is 0 Å². The quantitative estimate of drug-likeness (QED) is 0.836. The fourth-order valence-electron chi connectivity index (χ4n) is 2.39. The van der Waals surface area contributed by atoms with Crippen molar-refractivity contribution in [2.24, 2.45) is 5.92 Å². The van der Waals surface area contributed by atoms with Crippen LogP contribution in [0.2, 0.25) is 0 Å². The third-order valence-corrected chi connectivity index (χ3v) is 3.37. The molecule has 112 valence electrons. The van der Waals surface area contributed by atoms with Crippen molar-refractivity contribution < 1.29 is 9.53 Å². The van der Waals surface area contributed by atoms with Crippen LogP contribution < -0.4 is 0 Å². The number of amides is 1. The lowest BCUT2D eigenvalue weighted by atomic mass is 10.0. The van der Waals surface area contributed by atoms with Gasteiger partial charge in [-0.25, -0.2) is 4.79 Å². The second-order valence-electron chi connectivity index (χ2n) is 6.84. The zero-order valence-corrected chi connectivity index (χ0v) is 13.1. The van der Waals surface area contributed by atoms with Gasteiger partial charge in [-0.05, 0) is 26.7 Å². The molecule has 0 radical (unpaired) electrons. The monoisotopic (exact) mass is 279 g/mol. The van der Waals surface area contributed by atoms with Crippen LogP contribution in [-0.2, 0) is 23.2 Å². The first-order chi connectivity index (χ1) is 9.29. The fraction of sp³-hybridized carbons (Fsp3) is 0.733. The van der Waals surface area contributed by atoms with E-state index >= 15 is 0 Å². The Hall–Kier alpha value is -1.52. The molecule has 1 amide bonds. The Balaban J connectivity index is 2.05. The summed E-state index contributed by atoms with van der Waals surface area (Å²) in [7, 11) is 0. The number of aromatic nitrogens is 2. The van der Waals surface area contributed by atoms with Gasteiger partial charge in [0.25, 0.3) is 0 Å². The van der Waals surface area contributed by atoms with Crippen LogP contribution in [0.3, 0.4) is 0 Å². The van der Waals surface area contributed by atoms with Gasteiger partial charge in [0.05, 0.1) is 24.9 Å². The van der Waals surface area contributed by atoms with Crippen molar-refractivity contribution in [2.75, 3.05) is 13.2 Å². The maximum atomic E-state index is 12.0. The summed E-state index contributed by atoms with van der Waals surface area (Å²) in [6.07, 6.45) is 2.50. The standard InChI is InChI=1S/C15H25N3O2/c1-11(2)10-20-14(19)17-7-6-13-12(9-17)8-16-18(13)15(3,4)5/h8,11H,6-7,9-10H2,1-5H3. The van der Waals surface area contributed by atoms with E-state index in [1.165, 1.54) is 5.69 Å². The van der Waals surface area contributed by atoms with Crippen LogP contribution in [0.4, 0.5) is 4.79 Å². The summed E-state index contributed by atoms with van der Waals surface area (Å²) in [5.74, 6) is 0.364. The predicted molar refractivity (Wildman–Crippen MR) is 77.5 cm³/mol. The zero-order valence-electron chi connectivity index (χ0n) is 13.1. The Morgan fingerprint density at radius 1 is 1.45 bits per heavy atom. The van der Waals surface area contributed by atoms with Crippen molar-refractivity contribution in [2.45, 2.75) is 53.1 Å². The highest BCUT2D eigenvalue weighted by Crippen LogP contribution is 2.24. The van der Waals surface area contributed by atoms with Gasteiger partial charge in [-0.3, -0.25) is 4.68 Å². The molecular weight excluding hydrogens is 254 g/mol. The van der Waals surface area contributed by atoms with Crippen molar-refractivity contribution in [1.82, 2.24) is 14.7 Å². The number of carbonyl (C=O) groups excluding carboxylic acids is 1. The van der Waals surface area contributed by atoms with Gasteiger partial charge in [-0.2, -0.15) is 5.10 Å². The van der Waals surface area contributed by atoms with Crippen molar-refractivity contribution in [3.8, 4) is 0 Å². The van der Waals surface area contributed by atoms with Crippen LogP contribution >= 0.6 is 0 Å². The summed E-state index contributed by atoms with van der Waals surface area (Å²) in [5, 5.41) is 4.47. The highest BCUT2D eigenvalue weighted by molar-refractivity contribution is 5.68. The Morgan fingerprint density at radius 3 is 2.75 bits per heavy atom. The molecule has 0 spiro atoms. The van der Waals surface area contributed by atoms with Gasteiger partial charge >= 0.3 is 6.09 Å². The van der Waals surface area contributed by atoms with Crippen LogP contribution in [0.5, 0.6) is 0 Å². The fourth-order valence-corrected chi connectivity index (χ4v) is 2.39. The normalized spacial score (nSPS) is 15.4. The van der Waals surface area contributed by atoms with E-state index < -0.39 is 0 Å². The molecular formula is C15H25N3O2. The number of rotatable bonds is 2. The summed E-state index contributed by atoms with van der Waals surface area (Å²) in [5.41, 5.74) is 2.35. The van der Waals surface area contributed by atoms with E-state index in [0.29, 0.717) is 25.6 Å². The number of nitrogens with zero attached hydrogens (tertiary/aromatic N) is 3. The number of fused-ring (bicyclic) bond motifs is 1. The van der Waals surface area contributed by atoms with E-state index in [1.54, 1.807) is 4.90 Å². The average molecular weight is 279 g/mol. The van der Waals surface area contributed by atoms with E-state index in [0.717, 1.165) is 12.0 Å². The minimum Gasteiger partial charge on any atom is -0.449 e. The lowest BCUT2D eigenvalue weighted by Crippen LogP contribution is -2.38. The average Bonchev–Trinajstić information content (AvgIpc) is 2.78. The summed E-state index contributed by atoms with van der Waals surface area (Å²) < 4.78 is 7.36. The predicted octanol–water partition coefficient (Wildman–Crippen LogP) is 2.79. The Bertz CT molecular complexity index is 486. The first-order valence-corrected chi connectivity index (χ1v) is 7.27. The molecule has 0 atom stereocenters. The van der Waals surface area contributed by atoms with Gasteiger partial charge in [-0.1, -0.05) is 13.8 Å². The molecule has 2 rings (SSSR count). The van der Waals surface area contributed by atoms with Crippen LogP contribution in [0.1, 0.15) is 45.9 Å². The van der Waals surface area contributed by atoms with E-state index in [1.807, 2.05) is 20.0 Å². The molecule has 0 aromatic carbocycles. The molecule has 0 saturated heterocycles. The Labute approximate surface area is 120 Å². The molecule has 0 fully saturated rings. The molecule has 20 heavy (non-hydrogen) atoms. The lowest BCUT2D eigenvalue weighted by molar-refractivity contribution is 0.0874. The molecule has 1 aromatic rings. The molecule has 1 aliphatic rings. The van der Waals surface area contributed by atoms with Crippen LogP contribution in [0.25, 0.3) is 0 Å². The summed E-state index contributed by atoms with van der Waals surface area (Å²) >= 11 is 0. The van der Waals surface area contributed by atoms with Gasteiger partial charge in [-0.15, -0.1) is 0 Å². The molecule has 0 unspecified atom stereocenters. The molecule has 1 aromatic heterocycles. The molecule has 2 heterocycles. The van der Waals surface area contributed by atoms with Crippen LogP contribution in [0.15, 0.2) is 6.20 Å². The number of hydrogen-bond acceptors (Lipinski definition) is 3. The third-order valence-electron chi connectivity index (χ3n) is 3.37. The third kappa shape index (κ3) is 3.14. The lowest BCUT2D eigenvalue weighted by Gasteiger charge is -2.29. The number of carbonyl (C=O) groups is 1. The van der Waals surface area contributed by atoms with Gasteiger partial charge in [0.1, 0.15) is 0 Å². The zero-order chi connectivity index (χ0) is 14.9. The van der Waals surface area contributed by atoms with Crippen molar-refractivity contribution in [3.05, 3.63) is 17.5 Å². The summed E-state index contributed by atoms with van der Waals surface area (Å²) in [6.45, 7) is 12.3. The molecule has 0 aliphatic carbocycles. The minimum atomic E-state index is -0.215. The van der Waals surface area contributed by atoms with Crippen LogP contribution in [0, 0.1) is 5.92 Å². The maximum Gasteiger partial charge on any atom is 0.410 e.